The fourth-order valence-electron chi connectivity index (χ4n) is 3.25. The Hall–Kier alpha value is -3.92. The van der Waals surface area contributed by atoms with Crippen LogP contribution in [0.1, 0.15) is 12.6 Å². The quantitative estimate of drug-likeness (QED) is 0.310. The maximum Gasteiger partial charge on any atom is 0.271 e. The Kier molecular flexibility index (Phi) is 6.04. The van der Waals surface area contributed by atoms with Crippen LogP contribution >= 0.6 is 11.3 Å². The molecule has 1 N–H and O–H groups in total. The number of rotatable bonds is 8. The maximum atomic E-state index is 12.7. The third kappa shape index (κ3) is 4.40. The zero-order valence-electron chi connectivity index (χ0n) is 17.4. The van der Waals surface area contributed by atoms with Crippen LogP contribution in [0.3, 0.4) is 0 Å². The number of methoxy groups -OCH3 is 1. The van der Waals surface area contributed by atoms with Crippen molar-refractivity contribution in [3.63, 3.8) is 0 Å². The molecule has 4 rings (SSSR count). The molecule has 0 radical (unpaired) electrons. The molecule has 1 amide bonds. The molecule has 0 unspecified atom stereocenters. The second kappa shape index (κ2) is 9.06. The summed E-state index contributed by atoms with van der Waals surface area (Å²) in [4.78, 5) is 28.6. The number of imidazole rings is 1. The monoisotopic (exact) mass is 452 g/mol. The van der Waals surface area contributed by atoms with Gasteiger partial charge >= 0.3 is 0 Å². The maximum absolute atomic E-state index is 12.7. The molecule has 0 spiro atoms. The van der Waals surface area contributed by atoms with E-state index < -0.39 is 4.92 Å². The average molecular weight is 452 g/mol. The zero-order valence-corrected chi connectivity index (χ0v) is 18.2. The molecule has 0 bridgehead atoms. The van der Waals surface area contributed by atoms with Crippen LogP contribution in [0.5, 0.6) is 11.5 Å². The number of ether oxygens (including phenoxy) is 2. The highest BCUT2D eigenvalue weighted by Crippen LogP contribution is 2.30. The number of nitro groups is 1. The van der Waals surface area contributed by atoms with Gasteiger partial charge in [-0.1, -0.05) is 0 Å². The van der Waals surface area contributed by atoms with E-state index in [-0.39, 0.29) is 23.7 Å². The summed E-state index contributed by atoms with van der Waals surface area (Å²) in [6, 6.07) is 11.7. The summed E-state index contributed by atoms with van der Waals surface area (Å²) in [5.74, 6) is 0.825. The first-order valence-electron chi connectivity index (χ1n) is 9.79. The Labute approximate surface area is 187 Å². The van der Waals surface area contributed by atoms with E-state index in [0.717, 1.165) is 27.7 Å². The molecule has 10 heteroatoms. The summed E-state index contributed by atoms with van der Waals surface area (Å²) < 4.78 is 12.6. The van der Waals surface area contributed by atoms with Crippen molar-refractivity contribution in [3.8, 4) is 22.8 Å². The lowest BCUT2D eigenvalue weighted by Crippen LogP contribution is -2.16. The summed E-state index contributed by atoms with van der Waals surface area (Å²) in [5.41, 5.74) is 2.62. The number of non-ortho nitro benzene ring substituents is 1. The van der Waals surface area contributed by atoms with Gasteiger partial charge in [0.2, 0.25) is 5.91 Å². The lowest BCUT2D eigenvalue weighted by Gasteiger charge is -2.09. The number of hydrogen-bond acceptors (Lipinski definition) is 7. The molecule has 0 fully saturated rings. The third-order valence-electron chi connectivity index (χ3n) is 4.75. The van der Waals surface area contributed by atoms with Crippen LogP contribution < -0.4 is 14.8 Å². The predicted molar refractivity (Wildman–Crippen MR) is 122 cm³/mol. The van der Waals surface area contributed by atoms with E-state index in [2.05, 4.69) is 10.3 Å². The van der Waals surface area contributed by atoms with Crippen LogP contribution in [0.25, 0.3) is 16.2 Å². The van der Waals surface area contributed by atoms with Crippen LogP contribution in [0.2, 0.25) is 0 Å². The number of hydrogen-bond donors (Lipinski definition) is 1. The average Bonchev–Trinajstić information content (AvgIpc) is 3.36. The topological polar surface area (TPSA) is 108 Å². The van der Waals surface area contributed by atoms with E-state index in [1.165, 1.54) is 36.6 Å². The minimum atomic E-state index is -0.522. The van der Waals surface area contributed by atoms with Gasteiger partial charge in [-0.25, -0.2) is 4.98 Å². The van der Waals surface area contributed by atoms with E-state index in [0.29, 0.717) is 12.4 Å². The smallest absolute Gasteiger partial charge is 0.271 e. The number of amides is 1. The Bertz CT molecular complexity index is 1280. The third-order valence-corrected chi connectivity index (χ3v) is 5.64. The summed E-state index contributed by atoms with van der Waals surface area (Å²) in [6.07, 6.45) is 1.96. The first kappa shape index (κ1) is 21.3. The van der Waals surface area contributed by atoms with Gasteiger partial charge in [-0.2, -0.15) is 0 Å². The van der Waals surface area contributed by atoms with Gasteiger partial charge in [-0.15, -0.1) is 11.3 Å². The SMILES string of the molecule is CCOc1ccc(-c2cn3c(CC(=O)Nc4cc([N+](=O)[O-])ccc4OC)csc3n2)cc1. The number of fused-ring (bicyclic) bond motifs is 1. The second-order valence-corrected chi connectivity index (χ2v) is 7.67. The number of carbonyl (C=O) groups excluding carboxylic acids is 1. The molecule has 0 saturated carbocycles. The molecule has 2 heterocycles. The van der Waals surface area contributed by atoms with Crippen LogP contribution in [0, 0.1) is 10.1 Å². The van der Waals surface area contributed by atoms with Gasteiger partial charge in [0, 0.05) is 35.0 Å². The number of nitrogens with zero attached hydrogens (tertiary/aromatic N) is 3. The molecule has 0 aliphatic rings. The molecule has 0 aliphatic heterocycles. The van der Waals surface area contributed by atoms with Gasteiger partial charge in [0.15, 0.2) is 4.96 Å². The Morgan fingerprint density at radius 1 is 1.25 bits per heavy atom. The Balaban J connectivity index is 1.53. The van der Waals surface area contributed by atoms with Crippen molar-refractivity contribution in [1.82, 2.24) is 9.38 Å². The highest BCUT2D eigenvalue weighted by Gasteiger charge is 2.16. The number of anilines is 1. The fourth-order valence-corrected chi connectivity index (χ4v) is 4.12. The van der Waals surface area contributed by atoms with Crippen molar-refractivity contribution in [2.75, 3.05) is 19.0 Å². The molecule has 2 aromatic heterocycles. The lowest BCUT2D eigenvalue weighted by atomic mass is 10.1. The van der Waals surface area contributed by atoms with Crippen molar-refractivity contribution >= 4 is 33.6 Å². The van der Waals surface area contributed by atoms with Crippen LogP contribution in [-0.2, 0) is 11.2 Å². The molecule has 164 valence electrons. The number of benzene rings is 2. The number of aromatic nitrogens is 2. The first-order valence-corrected chi connectivity index (χ1v) is 10.7. The van der Waals surface area contributed by atoms with Gasteiger partial charge in [0.1, 0.15) is 11.5 Å². The minimum absolute atomic E-state index is 0.0743. The van der Waals surface area contributed by atoms with Gasteiger partial charge in [-0.3, -0.25) is 19.3 Å². The first-order chi connectivity index (χ1) is 15.5. The highest BCUT2D eigenvalue weighted by molar-refractivity contribution is 7.15. The molecular formula is C22H20N4O5S. The number of carbonyl (C=O) groups is 1. The van der Waals surface area contributed by atoms with E-state index in [9.17, 15) is 14.9 Å². The number of thiazole rings is 1. The second-order valence-electron chi connectivity index (χ2n) is 6.83. The summed E-state index contributed by atoms with van der Waals surface area (Å²) in [5, 5.41) is 15.6. The molecule has 32 heavy (non-hydrogen) atoms. The predicted octanol–water partition coefficient (Wildman–Crippen LogP) is 4.56. The van der Waals surface area contributed by atoms with Crippen LogP contribution in [0.4, 0.5) is 11.4 Å². The van der Waals surface area contributed by atoms with Crippen molar-refractivity contribution < 1.29 is 19.2 Å². The van der Waals surface area contributed by atoms with Gasteiger partial charge < -0.3 is 14.8 Å². The van der Waals surface area contributed by atoms with E-state index in [4.69, 9.17) is 9.47 Å². The molecule has 0 saturated heterocycles. The van der Waals surface area contributed by atoms with Crippen LogP contribution in [-0.4, -0.2) is 33.9 Å². The zero-order chi connectivity index (χ0) is 22.7. The number of nitrogens with one attached hydrogen (secondary N) is 1. The summed E-state index contributed by atoms with van der Waals surface area (Å²) in [7, 11) is 1.44. The number of nitro benzene ring substituents is 1. The van der Waals surface area contributed by atoms with Crippen molar-refractivity contribution in [3.05, 3.63) is 69.8 Å². The minimum Gasteiger partial charge on any atom is -0.495 e. The van der Waals surface area contributed by atoms with Crippen molar-refractivity contribution in [2.24, 2.45) is 0 Å². The highest BCUT2D eigenvalue weighted by atomic mass is 32.1. The Morgan fingerprint density at radius 3 is 2.72 bits per heavy atom. The molecule has 4 aromatic rings. The van der Waals surface area contributed by atoms with Crippen molar-refractivity contribution in [2.45, 2.75) is 13.3 Å². The largest absolute Gasteiger partial charge is 0.495 e. The molecular weight excluding hydrogens is 432 g/mol. The van der Waals surface area contributed by atoms with Gasteiger partial charge in [0.05, 0.1) is 36.4 Å². The van der Waals surface area contributed by atoms with E-state index >= 15 is 0 Å². The van der Waals surface area contributed by atoms with E-state index in [1.807, 2.05) is 47.2 Å². The standard InChI is InChI=1S/C22H20N4O5S/c1-3-31-17-7-4-14(5-8-17)19-12-25-16(13-32-22(25)24-19)11-21(27)23-18-10-15(26(28)29)6-9-20(18)30-2/h4-10,12-13H,3,11H2,1-2H3,(H,23,27). The van der Waals surface area contributed by atoms with Crippen molar-refractivity contribution in [1.29, 1.82) is 0 Å². The Morgan fingerprint density at radius 2 is 2.03 bits per heavy atom. The molecule has 9 nitrogen and oxygen atoms in total. The fraction of sp³-hybridized carbons (Fsp3) is 0.182. The summed E-state index contributed by atoms with van der Waals surface area (Å²) >= 11 is 1.44. The molecule has 0 atom stereocenters. The summed E-state index contributed by atoms with van der Waals surface area (Å²) in [6.45, 7) is 2.54. The normalized spacial score (nSPS) is 10.8. The van der Waals surface area contributed by atoms with E-state index in [1.54, 1.807) is 0 Å². The van der Waals surface area contributed by atoms with Gasteiger partial charge in [-0.05, 0) is 37.3 Å². The van der Waals surface area contributed by atoms with Crippen LogP contribution in [0.15, 0.2) is 54.0 Å². The molecule has 0 aliphatic carbocycles. The lowest BCUT2D eigenvalue weighted by molar-refractivity contribution is -0.384. The van der Waals surface area contributed by atoms with Gasteiger partial charge in [0.25, 0.3) is 5.69 Å². The molecule has 2 aromatic carbocycles.